The van der Waals surface area contributed by atoms with E-state index in [1.165, 1.54) is 5.39 Å². The zero-order chi connectivity index (χ0) is 14.5. The molecule has 1 aromatic carbocycles. The number of rotatable bonds is 5. The van der Waals surface area contributed by atoms with E-state index >= 15 is 0 Å². The molecular weight excluding hydrogens is 262 g/mol. The van der Waals surface area contributed by atoms with Crippen molar-refractivity contribution < 1.29 is 4.74 Å². The van der Waals surface area contributed by atoms with Crippen LogP contribution in [0, 0.1) is 0 Å². The number of para-hydroxylation sites is 1. The quantitative estimate of drug-likeness (QED) is 0.780. The van der Waals surface area contributed by atoms with Crippen LogP contribution >= 0.6 is 0 Å². The molecule has 21 heavy (non-hydrogen) atoms. The highest BCUT2D eigenvalue weighted by molar-refractivity contribution is 5.78. The fourth-order valence-corrected chi connectivity index (χ4v) is 2.18. The summed E-state index contributed by atoms with van der Waals surface area (Å²) in [6.45, 7) is 1.49. The lowest BCUT2D eigenvalue weighted by molar-refractivity contribution is 0.397. The van der Waals surface area contributed by atoms with Crippen molar-refractivity contribution in [2.45, 2.75) is 13.1 Å². The van der Waals surface area contributed by atoms with Crippen LogP contribution in [0.15, 0.2) is 54.7 Å². The minimum Gasteiger partial charge on any atom is -0.481 e. The number of nitrogens with zero attached hydrogens (tertiary/aromatic N) is 2. The lowest BCUT2D eigenvalue weighted by Gasteiger charge is -2.06. The summed E-state index contributed by atoms with van der Waals surface area (Å²) < 4.78 is 5.04. The summed E-state index contributed by atoms with van der Waals surface area (Å²) in [5, 5.41) is 4.54. The van der Waals surface area contributed by atoms with Gasteiger partial charge in [-0.3, -0.25) is 4.98 Å². The molecule has 0 aliphatic heterocycles. The first kappa shape index (κ1) is 13.5. The van der Waals surface area contributed by atoms with Gasteiger partial charge in [0, 0.05) is 30.7 Å². The monoisotopic (exact) mass is 279 g/mol. The van der Waals surface area contributed by atoms with Gasteiger partial charge in [-0.25, -0.2) is 4.98 Å². The molecule has 2 heterocycles. The zero-order valence-electron chi connectivity index (χ0n) is 11.9. The number of pyridine rings is 2. The molecule has 4 heteroatoms. The molecule has 3 rings (SSSR count). The van der Waals surface area contributed by atoms with E-state index in [2.05, 4.69) is 33.5 Å². The summed E-state index contributed by atoms with van der Waals surface area (Å²) >= 11 is 0. The minimum absolute atomic E-state index is 0.634. The number of nitrogens with one attached hydrogen (secondary N) is 1. The molecule has 3 aromatic rings. The Hall–Kier alpha value is -2.46. The Morgan fingerprint density at radius 3 is 2.71 bits per heavy atom. The molecule has 0 spiro atoms. The topological polar surface area (TPSA) is 47.0 Å². The first-order valence-electron chi connectivity index (χ1n) is 6.89. The fraction of sp³-hybridized carbons (Fsp3) is 0.176. The Balaban J connectivity index is 1.60. The third-order valence-corrected chi connectivity index (χ3v) is 3.30. The molecule has 1 N–H and O–H groups in total. The molecule has 0 bridgehead atoms. The molecule has 0 aliphatic carbocycles. The maximum Gasteiger partial charge on any atom is 0.212 e. The van der Waals surface area contributed by atoms with Gasteiger partial charge in [-0.2, -0.15) is 0 Å². The van der Waals surface area contributed by atoms with Crippen molar-refractivity contribution in [2.75, 3.05) is 7.11 Å². The third kappa shape index (κ3) is 3.35. The van der Waals surface area contributed by atoms with E-state index < -0.39 is 0 Å². The highest BCUT2D eigenvalue weighted by Gasteiger charge is 1.99. The lowest BCUT2D eigenvalue weighted by Crippen LogP contribution is -2.13. The van der Waals surface area contributed by atoms with Crippen LogP contribution < -0.4 is 10.1 Å². The van der Waals surface area contributed by atoms with Crippen molar-refractivity contribution in [1.29, 1.82) is 0 Å². The minimum atomic E-state index is 0.634. The van der Waals surface area contributed by atoms with E-state index in [4.69, 9.17) is 4.74 Å². The van der Waals surface area contributed by atoms with Gasteiger partial charge in [0.05, 0.1) is 18.3 Å². The van der Waals surface area contributed by atoms with Gasteiger partial charge in [0.2, 0.25) is 5.88 Å². The SMILES string of the molecule is COc1ccc(CNCc2ccc3ccccc3n2)cn1. The molecule has 0 unspecified atom stereocenters. The summed E-state index contributed by atoms with van der Waals surface area (Å²) in [6.07, 6.45) is 1.82. The molecule has 106 valence electrons. The van der Waals surface area contributed by atoms with E-state index in [-0.39, 0.29) is 0 Å². The summed E-state index contributed by atoms with van der Waals surface area (Å²) in [5.74, 6) is 0.634. The molecule has 0 saturated carbocycles. The molecule has 0 saturated heterocycles. The van der Waals surface area contributed by atoms with Gasteiger partial charge in [0.1, 0.15) is 0 Å². The Bertz CT molecular complexity index is 725. The first-order valence-corrected chi connectivity index (χ1v) is 6.89. The molecular formula is C17H17N3O. The van der Waals surface area contributed by atoms with E-state index in [0.717, 1.165) is 29.9 Å². The summed E-state index contributed by atoms with van der Waals surface area (Å²) in [5.41, 5.74) is 3.19. The van der Waals surface area contributed by atoms with Crippen LogP contribution in [-0.4, -0.2) is 17.1 Å². The number of benzene rings is 1. The molecule has 2 aromatic heterocycles. The van der Waals surface area contributed by atoms with Crippen LogP contribution in [0.1, 0.15) is 11.3 Å². The number of ether oxygens (including phenoxy) is 1. The average Bonchev–Trinajstić information content (AvgIpc) is 2.55. The second kappa shape index (κ2) is 6.33. The van der Waals surface area contributed by atoms with Gasteiger partial charge >= 0.3 is 0 Å². The van der Waals surface area contributed by atoms with E-state index in [9.17, 15) is 0 Å². The van der Waals surface area contributed by atoms with E-state index in [1.807, 2.05) is 36.5 Å². The van der Waals surface area contributed by atoms with Crippen LogP contribution in [0.25, 0.3) is 10.9 Å². The van der Waals surface area contributed by atoms with Gasteiger partial charge in [-0.05, 0) is 17.7 Å². The molecule has 0 fully saturated rings. The van der Waals surface area contributed by atoms with Gasteiger partial charge in [0.15, 0.2) is 0 Å². The molecule has 0 aliphatic rings. The molecule has 0 radical (unpaired) electrons. The number of methoxy groups -OCH3 is 1. The van der Waals surface area contributed by atoms with Gasteiger partial charge in [-0.1, -0.05) is 30.3 Å². The van der Waals surface area contributed by atoms with Crippen molar-refractivity contribution >= 4 is 10.9 Å². The summed E-state index contributed by atoms with van der Waals surface area (Å²) in [4.78, 5) is 8.82. The van der Waals surface area contributed by atoms with Crippen molar-refractivity contribution in [3.8, 4) is 5.88 Å². The molecule has 0 amide bonds. The number of aromatic nitrogens is 2. The van der Waals surface area contributed by atoms with E-state index in [0.29, 0.717) is 5.88 Å². The number of hydrogen-bond acceptors (Lipinski definition) is 4. The summed E-state index contributed by atoms with van der Waals surface area (Å²) in [7, 11) is 1.62. The largest absolute Gasteiger partial charge is 0.481 e. The van der Waals surface area contributed by atoms with Crippen molar-refractivity contribution in [2.24, 2.45) is 0 Å². The van der Waals surface area contributed by atoms with Crippen molar-refractivity contribution in [3.63, 3.8) is 0 Å². The Morgan fingerprint density at radius 1 is 1.00 bits per heavy atom. The first-order chi connectivity index (χ1) is 10.3. The average molecular weight is 279 g/mol. The van der Waals surface area contributed by atoms with Crippen LogP contribution in [-0.2, 0) is 13.1 Å². The van der Waals surface area contributed by atoms with Gasteiger partial charge < -0.3 is 10.1 Å². The standard InChI is InChI=1S/C17H17N3O/c1-21-17-9-6-13(11-19-17)10-18-12-15-8-7-14-4-2-3-5-16(14)20-15/h2-9,11,18H,10,12H2,1H3. The second-order valence-corrected chi connectivity index (χ2v) is 4.81. The Labute approximate surface area is 123 Å². The van der Waals surface area contributed by atoms with Crippen LogP contribution in [0.2, 0.25) is 0 Å². The molecule has 0 atom stereocenters. The highest BCUT2D eigenvalue weighted by atomic mass is 16.5. The second-order valence-electron chi connectivity index (χ2n) is 4.81. The Kier molecular flexibility index (Phi) is 4.07. The van der Waals surface area contributed by atoms with Crippen LogP contribution in [0.4, 0.5) is 0 Å². The number of hydrogen-bond donors (Lipinski definition) is 1. The fourth-order valence-electron chi connectivity index (χ4n) is 2.18. The smallest absolute Gasteiger partial charge is 0.212 e. The van der Waals surface area contributed by atoms with Crippen molar-refractivity contribution in [1.82, 2.24) is 15.3 Å². The predicted octanol–water partition coefficient (Wildman–Crippen LogP) is 2.93. The Morgan fingerprint density at radius 2 is 1.90 bits per heavy atom. The van der Waals surface area contributed by atoms with Gasteiger partial charge in [0.25, 0.3) is 0 Å². The van der Waals surface area contributed by atoms with Gasteiger partial charge in [-0.15, -0.1) is 0 Å². The normalized spacial score (nSPS) is 10.7. The predicted molar refractivity (Wildman–Crippen MR) is 83.1 cm³/mol. The molecule has 4 nitrogen and oxygen atoms in total. The maximum atomic E-state index is 5.04. The number of fused-ring (bicyclic) bond motifs is 1. The summed E-state index contributed by atoms with van der Waals surface area (Å²) in [6, 6.07) is 16.2. The van der Waals surface area contributed by atoms with E-state index in [1.54, 1.807) is 7.11 Å². The van der Waals surface area contributed by atoms with Crippen molar-refractivity contribution in [3.05, 3.63) is 66.0 Å². The highest BCUT2D eigenvalue weighted by Crippen LogP contribution is 2.12. The van der Waals surface area contributed by atoms with Crippen LogP contribution in [0.5, 0.6) is 5.88 Å². The maximum absolute atomic E-state index is 5.04. The zero-order valence-corrected chi connectivity index (χ0v) is 11.9. The van der Waals surface area contributed by atoms with Crippen LogP contribution in [0.3, 0.4) is 0 Å². The third-order valence-electron chi connectivity index (χ3n) is 3.30. The lowest BCUT2D eigenvalue weighted by atomic mass is 10.2.